The number of rotatable bonds is 7. The molecule has 1 aromatic heterocycles. The SMILES string of the molecule is CCCC(NC(c1cccs1)C(C)C)C(=O)O. The topological polar surface area (TPSA) is 49.3 Å². The first-order valence-corrected chi connectivity index (χ1v) is 6.96. The van der Waals surface area contributed by atoms with Crippen LogP contribution < -0.4 is 5.32 Å². The number of hydrogen-bond donors (Lipinski definition) is 2. The van der Waals surface area contributed by atoms with Gasteiger partial charge in [-0.2, -0.15) is 0 Å². The van der Waals surface area contributed by atoms with E-state index in [9.17, 15) is 9.90 Å². The van der Waals surface area contributed by atoms with E-state index in [0.717, 1.165) is 6.42 Å². The molecule has 0 radical (unpaired) electrons. The maximum absolute atomic E-state index is 11.2. The number of aliphatic carboxylic acids is 1. The molecule has 0 bridgehead atoms. The molecule has 1 rings (SSSR count). The van der Waals surface area contributed by atoms with Gasteiger partial charge in [0, 0.05) is 10.9 Å². The maximum Gasteiger partial charge on any atom is 0.320 e. The van der Waals surface area contributed by atoms with Crippen LogP contribution in [-0.4, -0.2) is 17.1 Å². The molecule has 0 aliphatic heterocycles. The maximum atomic E-state index is 11.2. The van der Waals surface area contributed by atoms with E-state index >= 15 is 0 Å². The largest absolute Gasteiger partial charge is 0.480 e. The fourth-order valence-corrected chi connectivity index (χ4v) is 2.81. The molecule has 1 aromatic rings. The third-order valence-electron chi connectivity index (χ3n) is 2.77. The molecule has 0 aromatic carbocycles. The summed E-state index contributed by atoms with van der Waals surface area (Å²) in [6.45, 7) is 6.23. The van der Waals surface area contributed by atoms with Gasteiger partial charge in [-0.3, -0.25) is 10.1 Å². The summed E-state index contributed by atoms with van der Waals surface area (Å²) >= 11 is 1.68. The lowest BCUT2D eigenvalue weighted by atomic mass is 10.0. The van der Waals surface area contributed by atoms with Crippen molar-refractivity contribution in [2.45, 2.75) is 45.7 Å². The van der Waals surface area contributed by atoms with Crippen molar-refractivity contribution in [3.05, 3.63) is 22.4 Å². The number of nitrogens with one attached hydrogen (secondary N) is 1. The summed E-state index contributed by atoms with van der Waals surface area (Å²) in [5.74, 6) is -0.374. The Balaban J connectivity index is 2.75. The molecule has 4 heteroatoms. The minimum absolute atomic E-state index is 0.127. The molecule has 0 fully saturated rings. The van der Waals surface area contributed by atoms with Crippen molar-refractivity contribution in [2.75, 3.05) is 0 Å². The normalized spacial score (nSPS) is 14.8. The Bertz CT molecular complexity index is 335. The Morgan fingerprint density at radius 1 is 1.53 bits per heavy atom. The van der Waals surface area contributed by atoms with E-state index in [1.165, 1.54) is 4.88 Å². The van der Waals surface area contributed by atoms with Gasteiger partial charge in [0.2, 0.25) is 0 Å². The lowest BCUT2D eigenvalue weighted by Crippen LogP contribution is -2.40. The fraction of sp³-hybridized carbons (Fsp3) is 0.615. The molecule has 0 amide bonds. The van der Waals surface area contributed by atoms with Crippen LogP contribution in [-0.2, 0) is 4.79 Å². The lowest BCUT2D eigenvalue weighted by molar-refractivity contribution is -0.140. The van der Waals surface area contributed by atoms with Crippen molar-refractivity contribution in [3.8, 4) is 0 Å². The lowest BCUT2D eigenvalue weighted by Gasteiger charge is -2.25. The van der Waals surface area contributed by atoms with Crippen LogP contribution in [0.1, 0.15) is 44.5 Å². The van der Waals surface area contributed by atoms with Crippen molar-refractivity contribution < 1.29 is 9.90 Å². The highest BCUT2D eigenvalue weighted by Gasteiger charge is 2.24. The molecular weight excluding hydrogens is 234 g/mol. The zero-order valence-electron chi connectivity index (χ0n) is 10.6. The smallest absolute Gasteiger partial charge is 0.320 e. The van der Waals surface area contributed by atoms with Gasteiger partial charge in [-0.05, 0) is 23.8 Å². The second kappa shape index (κ2) is 6.77. The Morgan fingerprint density at radius 3 is 2.65 bits per heavy atom. The van der Waals surface area contributed by atoms with Gasteiger partial charge in [-0.25, -0.2) is 0 Å². The van der Waals surface area contributed by atoms with Crippen molar-refractivity contribution in [3.63, 3.8) is 0 Å². The molecule has 0 aliphatic carbocycles. The summed E-state index contributed by atoms with van der Waals surface area (Å²) < 4.78 is 0. The minimum Gasteiger partial charge on any atom is -0.480 e. The van der Waals surface area contributed by atoms with Crippen LogP contribution >= 0.6 is 11.3 Å². The highest BCUT2D eigenvalue weighted by Crippen LogP contribution is 2.26. The molecular formula is C13H21NO2S. The number of carboxylic acid groups (broad SMARTS) is 1. The summed E-state index contributed by atoms with van der Waals surface area (Å²) in [7, 11) is 0. The molecule has 0 saturated carbocycles. The van der Waals surface area contributed by atoms with E-state index in [1.54, 1.807) is 11.3 Å². The van der Waals surface area contributed by atoms with E-state index in [4.69, 9.17) is 0 Å². The zero-order chi connectivity index (χ0) is 12.8. The summed E-state index contributed by atoms with van der Waals surface area (Å²) in [5, 5.41) is 14.5. The van der Waals surface area contributed by atoms with Crippen LogP contribution in [0.4, 0.5) is 0 Å². The second-order valence-electron chi connectivity index (χ2n) is 4.58. The van der Waals surface area contributed by atoms with Crippen LogP contribution in [0.5, 0.6) is 0 Å². The van der Waals surface area contributed by atoms with Gasteiger partial charge in [0.15, 0.2) is 0 Å². The van der Waals surface area contributed by atoms with Crippen molar-refractivity contribution in [1.29, 1.82) is 0 Å². The molecule has 96 valence electrons. The molecule has 0 saturated heterocycles. The van der Waals surface area contributed by atoms with Crippen LogP contribution in [0, 0.1) is 5.92 Å². The molecule has 0 aliphatic rings. The number of carbonyl (C=O) groups is 1. The molecule has 2 unspecified atom stereocenters. The third kappa shape index (κ3) is 4.13. The highest BCUT2D eigenvalue weighted by atomic mass is 32.1. The Hall–Kier alpha value is -0.870. The van der Waals surface area contributed by atoms with Gasteiger partial charge >= 0.3 is 5.97 Å². The standard InChI is InChI=1S/C13H21NO2S/c1-4-6-10(13(15)16)14-12(9(2)3)11-7-5-8-17-11/h5,7-10,12,14H,4,6H2,1-3H3,(H,15,16). The van der Waals surface area contributed by atoms with Crippen LogP contribution in [0.3, 0.4) is 0 Å². The number of thiophene rings is 1. The predicted molar refractivity (Wildman–Crippen MR) is 71.4 cm³/mol. The Kier molecular flexibility index (Phi) is 5.65. The minimum atomic E-state index is -0.756. The fourth-order valence-electron chi connectivity index (χ4n) is 1.85. The third-order valence-corrected chi connectivity index (χ3v) is 3.73. The van der Waals surface area contributed by atoms with E-state index in [0.29, 0.717) is 12.3 Å². The Labute approximate surface area is 107 Å². The number of carboxylic acids is 1. The first-order chi connectivity index (χ1) is 8.06. The van der Waals surface area contributed by atoms with E-state index < -0.39 is 12.0 Å². The predicted octanol–water partition coefficient (Wildman–Crippen LogP) is 3.29. The molecule has 17 heavy (non-hydrogen) atoms. The summed E-state index contributed by atoms with van der Waals surface area (Å²) in [6.07, 6.45) is 1.54. The summed E-state index contributed by atoms with van der Waals surface area (Å²) in [5.41, 5.74) is 0. The van der Waals surface area contributed by atoms with Gasteiger partial charge in [-0.1, -0.05) is 33.3 Å². The van der Waals surface area contributed by atoms with Gasteiger partial charge in [0.05, 0.1) is 0 Å². The highest BCUT2D eigenvalue weighted by molar-refractivity contribution is 7.10. The van der Waals surface area contributed by atoms with E-state index in [1.807, 2.05) is 18.4 Å². The van der Waals surface area contributed by atoms with Gasteiger partial charge in [-0.15, -0.1) is 11.3 Å². The zero-order valence-corrected chi connectivity index (χ0v) is 11.5. The van der Waals surface area contributed by atoms with Crippen LogP contribution in [0.2, 0.25) is 0 Å². The average Bonchev–Trinajstić information content (AvgIpc) is 2.76. The van der Waals surface area contributed by atoms with E-state index in [2.05, 4.69) is 25.2 Å². The molecule has 3 nitrogen and oxygen atoms in total. The second-order valence-corrected chi connectivity index (χ2v) is 5.56. The van der Waals surface area contributed by atoms with Gasteiger partial charge < -0.3 is 5.11 Å². The summed E-state index contributed by atoms with van der Waals surface area (Å²) in [4.78, 5) is 12.4. The van der Waals surface area contributed by atoms with Gasteiger partial charge in [0.25, 0.3) is 0 Å². The monoisotopic (exact) mass is 255 g/mol. The van der Waals surface area contributed by atoms with Crippen LogP contribution in [0.15, 0.2) is 17.5 Å². The van der Waals surface area contributed by atoms with E-state index in [-0.39, 0.29) is 6.04 Å². The molecule has 0 spiro atoms. The summed E-state index contributed by atoms with van der Waals surface area (Å²) in [6, 6.07) is 3.75. The van der Waals surface area contributed by atoms with Crippen molar-refractivity contribution in [1.82, 2.24) is 5.32 Å². The number of hydrogen-bond acceptors (Lipinski definition) is 3. The quantitative estimate of drug-likeness (QED) is 0.786. The molecule has 2 atom stereocenters. The Morgan fingerprint density at radius 2 is 2.24 bits per heavy atom. The van der Waals surface area contributed by atoms with Gasteiger partial charge in [0.1, 0.15) is 6.04 Å². The van der Waals surface area contributed by atoms with Crippen molar-refractivity contribution >= 4 is 17.3 Å². The van der Waals surface area contributed by atoms with Crippen molar-refractivity contribution in [2.24, 2.45) is 5.92 Å². The first kappa shape index (κ1) is 14.2. The van der Waals surface area contributed by atoms with Crippen LogP contribution in [0.25, 0.3) is 0 Å². The average molecular weight is 255 g/mol. The molecule has 2 N–H and O–H groups in total. The molecule has 1 heterocycles. The first-order valence-electron chi connectivity index (χ1n) is 6.08.